The largest absolute Gasteiger partial charge is 0.376 e. The normalized spacial score (nSPS) is 15.1. The van der Waals surface area contributed by atoms with Crippen LogP contribution in [-0.4, -0.2) is 12.6 Å². The predicted octanol–water partition coefficient (Wildman–Crippen LogP) is 3.40. The maximum Gasteiger partial charge on any atom is 0.0727 e. The number of aryl methyl sites for hydroxylation is 1. The van der Waals surface area contributed by atoms with Crippen LogP contribution < -0.4 is 5.32 Å². The van der Waals surface area contributed by atoms with Gasteiger partial charge >= 0.3 is 0 Å². The summed E-state index contributed by atoms with van der Waals surface area (Å²) in [5.74, 6) is 0. The first kappa shape index (κ1) is 12.8. The summed E-state index contributed by atoms with van der Waals surface area (Å²) in [5.41, 5.74) is 1.34. The van der Waals surface area contributed by atoms with E-state index in [2.05, 4.69) is 24.9 Å². The Morgan fingerprint density at radius 2 is 2.41 bits per heavy atom. The van der Waals surface area contributed by atoms with Crippen molar-refractivity contribution in [1.29, 1.82) is 0 Å². The van der Waals surface area contributed by atoms with Gasteiger partial charge in [0.1, 0.15) is 0 Å². The molecule has 0 bridgehead atoms. The van der Waals surface area contributed by atoms with Crippen LogP contribution in [0.3, 0.4) is 0 Å². The fraction of sp³-hybridized carbons (Fsp3) is 0.571. The van der Waals surface area contributed by atoms with Gasteiger partial charge in [-0.25, -0.2) is 0 Å². The lowest BCUT2D eigenvalue weighted by Gasteiger charge is -2.01. The Labute approximate surface area is 108 Å². The molecular weight excluding hydrogens is 230 g/mol. The van der Waals surface area contributed by atoms with Gasteiger partial charge in [-0.05, 0) is 37.8 Å². The molecule has 1 heterocycles. The minimum Gasteiger partial charge on any atom is -0.376 e. The zero-order valence-corrected chi connectivity index (χ0v) is 11.3. The first-order chi connectivity index (χ1) is 8.29. The predicted molar refractivity (Wildman–Crippen MR) is 73.4 cm³/mol. The van der Waals surface area contributed by atoms with Crippen LogP contribution in [0.15, 0.2) is 18.7 Å². The molecule has 3 heteroatoms. The summed E-state index contributed by atoms with van der Waals surface area (Å²) in [6.45, 7) is 8.39. The minimum atomic E-state index is 0.736. The van der Waals surface area contributed by atoms with Gasteiger partial charge in [-0.2, -0.15) is 0 Å². The second kappa shape index (κ2) is 6.34. The average molecular weight is 251 g/mol. The van der Waals surface area contributed by atoms with Crippen molar-refractivity contribution in [2.24, 2.45) is 0 Å². The molecule has 17 heavy (non-hydrogen) atoms. The summed E-state index contributed by atoms with van der Waals surface area (Å²) in [6, 6.07) is 3.06. The number of thiophene rings is 1. The summed E-state index contributed by atoms with van der Waals surface area (Å²) in [5, 5.41) is 3.55. The van der Waals surface area contributed by atoms with Crippen LogP contribution in [0.4, 0.5) is 0 Å². The molecule has 1 aliphatic carbocycles. The lowest BCUT2D eigenvalue weighted by molar-refractivity contribution is 0.125. The molecule has 0 unspecified atom stereocenters. The van der Waals surface area contributed by atoms with Crippen LogP contribution in [-0.2, 0) is 17.9 Å². The van der Waals surface area contributed by atoms with Gasteiger partial charge in [0, 0.05) is 22.3 Å². The third kappa shape index (κ3) is 4.26. The van der Waals surface area contributed by atoms with E-state index in [1.807, 2.05) is 17.4 Å². The van der Waals surface area contributed by atoms with E-state index in [1.165, 1.54) is 28.2 Å². The van der Waals surface area contributed by atoms with Crippen molar-refractivity contribution in [2.45, 2.75) is 45.4 Å². The number of nitrogens with one attached hydrogen (secondary N) is 1. The van der Waals surface area contributed by atoms with Gasteiger partial charge in [0.15, 0.2) is 0 Å². The van der Waals surface area contributed by atoms with Crippen molar-refractivity contribution in [3.63, 3.8) is 0 Å². The van der Waals surface area contributed by atoms with E-state index in [9.17, 15) is 0 Å². The number of rotatable bonds is 8. The zero-order chi connectivity index (χ0) is 12.1. The molecule has 0 aromatic carbocycles. The van der Waals surface area contributed by atoms with Gasteiger partial charge in [0.05, 0.1) is 13.2 Å². The lowest BCUT2D eigenvalue weighted by Crippen LogP contribution is -2.14. The quantitative estimate of drug-likeness (QED) is 0.565. The van der Waals surface area contributed by atoms with Crippen molar-refractivity contribution in [1.82, 2.24) is 5.32 Å². The third-order valence-electron chi connectivity index (χ3n) is 2.94. The van der Waals surface area contributed by atoms with Gasteiger partial charge in [-0.3, -0.25) is 0 Å². The highest BCUT2D eigenvalue weighted by atomic mass is 32.1. The molecule has 0 radical (unpaired) electrons. The average Bonchev–Trinajstić information content (AvgIpc) is 3.08. The minimum absolute atomic E-state index is 0.736. The lowest BCUT2D eigenvalue weighted by atomic mass is 10.2. The highest BCUT2D eigenvalue weighted by Gasteiger charge is 2.20. The smallest absolute Gasteiger partial charge is 0.0727 e. The number of hydrogen-bond acceptors (Lipinski definition) is 3. The molecule has 0 amide bonds. The molecule has 1 aliphatic rings. The Morgan fingerprint density at radius 1 is 1.59 bits per heavy atom. The first-order valence-electron chi connectivity index (χ1n) is 6.30. The van der Waals surface area contributed by atoms with Crippen molar-refractivity contribution in [2.75, 3.05) is 6.61 Å². The molecular formula is C14H21NOS. The van der Waals surface area contributed by atoms with E-state index in [-0.39, 0.29) is 0 Å². The summed E-state index contributed by atoms with van der Waals surface area (Å²) < 4.78 is 5.61. The third-order valence-corrected chi connectivity index (χ3v) is 4.03. The Hall–Kier alpha value is -0.640. The monoisotopic (exact) mass is 251 g/mol. The molecule has 2 rings (SSSR count). The van der Waals surface area contributed by atoms with Gasteiger partial charge in [-0.1, -0.05) is 6.08 Å². The SMILES string of the molecule is C=CCCOCc1cc(CNC2CC2)sc1C. The highest BCUT2D eigenvalue weighted by molar-refractivity contribution is 7.12. The summed E-state index contributed by atoms with van der Waals surface area (Å²) in [6.07, 6.45) is 5.52. The standard InChI is InChI=1S/C14H21NOS/c1-3-4-7-16-10-12-8-14(17-11(12)2)9-15-13-5-6-13/h3,8,13,15H,1,4-7,9-10H2,2H3. The summed E-state index contributed by atoms with van der Waals surface area (Å²) in [4.78, 5) is 2.81. The fourth-order valence-electron chi connectivity index (χ4n) is 1.70. The molecule has 0 aliphatic heterocycles. The molecule has 1 aromatic rings. The van der Waals surface area contributed by atoms with E-state index >= 15 is 0 Å². The molecule has 1 saturated carbocycles. The topological polar surface area (TPSA) is 21.3 Å². The summed E-state index contributed by atoms with van der Waals surface area (Å²) in [7, 11) is 0. The van der Waals surface area contributed by atoms with Crippen LogP contribution in [0.2, 0.25) is 0 Å². The fourth-order valence-corrected chi connectivity index (χ4v) is 2.70. The van der Waals surface area contributed by atoms with E-state index in [4.69, 9.17) is 4.74 Å². The Bertz CT molecular complexity index is 368. The first-order valence-corrected chi connectivity index (χ1v) is 7.11. The molecule has 0 saturated heterocycles. The molecule has 1 fully saturated rings. The molecule has 1 aromatic heterocycles. The van der Waals surface area contributed by atoms with Crippen molar-refractivity contribution in [3.05, 3.63) is 34.0 Å². The van der Waals surface area contributed by atoms with Crippen LogP contribution >= 0.6 is 11.3 Å². The van der Waals surface area contributed by atoms with Crippen LogP contribution in [0.5, 0.6) is 0 Å². The van der Waals surface area contributed by atoms with Gasteiger partial charge in [0.25, 0.3) is 0 Å². The van der Waals surface area contributed by atoms with Gasteiger partial charge in [-0.15, -0.1) is 17.9 Å². The van der Waals surface area contributed by atoms with E-state index < -0.39 is 0 Å². The van der Waals surface area contributed by atoms with Gasteiger partial charge in [0.2, 0.25) is 0 Å². The Balaban J connectivity index is 1.77. The van der Waals surface area contributed by atoms with Crippen LogP contribution in [0.1, 0.15) is 34.6 Å². The van der Waals surface area contributed by atoms with Crippen LogP contribution in [0, 0.1) is 6.92 Å². The van der Waals surface area contributed by atoms with Crippen molar-refractivity contribution >= 4 is 11.3 Å². The van der Waals surface area contributed by atoms with E-state index in [1.54, 1.807) is 0 Å². The van der Waals surface area contributed by atoms with Crippen LogP contribution in [0.25, 0.3) is 0 Å². The highest BCUT2D eigenvalue weighted by Crippen LogP contribution is 2.24. The molecule has 94 valence electrons. The Morgan fingerprint density at radius 3 is 3.12 bits per heavy atom. The molecule has 2 nitrogen and oxygen atoms in total. The summed E-state index contributed by atoms with van der Waals surface area (Å²) >= 11 is 1.89. The van der Waals surface area contributed by atoms with Crippen molar-refractivity contribution < 1.29 is 4.74 Å². The molecule has 0 atom stereocenters. The van der Waals surface area contributed by atoms with Crippen molar-refractivity contribution in [3.8, 4) is 0 Å². The second-order valence-electron chi connectivity index (χ2n) is 4.58. The number of hydrogen-bond donors (Lipinski definition) is 1. The Kier molecular flexibility index (Phi) is 4.77. The second-order valence-corrected chi connectivity index (χ2v) is 5.92. The number of ether oxygens (including phenoxy) is 1. The molecule has 1 N–H and O–H groups in total. The maximum absolute atomic E-state index is 5.61. The maximum atomic E-state index is 5.61. The van der Waals surface area contributed by atoms with Gasteiger partial charge < -0.3 is 10.1 Å². The molecule has 0 spiro atoms. The van der Waals surface area contributed by atoms with E-state index in [0.29, 0.717) is 0 Å². The van der Waals surface area contributed by atoms with E-state index in [0.717, 1.165) is 32.2 Å². The zero-order valence-electron chi connectivity index (χ0n) is 10.5.